The van der Waals surface area contributed by atoms with Gasteiger partial charge >= 0.3 is 6.18 Å². The molecule has 0 aliphatic carbocycles. The van der Waals surface area contributed by atoms with Crippen molar-refractivity contribution in [3.8, 4) is 0 Å². The van der Waals surface area contributed by atoms with E-state index in [2.05, 4.69) is 0 Å². The molecule has 0 saturated heterocycles. The minimum atomic E-state index is -4.45. The maximum Gasteiger partial charge on any atom is 0.416 e. The van der Waals surface area contributed by atoms with Gasteiger partial charge in [-0.1, -0.05) is 48.5 Å². The summed E-state index contributed by atoms with van der Waals surface area (Å²) in [5, 5.41) is 0. The molecular formula is C17H13F3O. The second-order valence-electron chi connectivity index (χ2n) is 4.58. The number of hydrogen-bond acceptors (Lipinski definition) is 1. The van der Waals surface area contributed by atoms with Crippen LogP contribution in [0.25, 0.3) is 6.08 Å². The number of hydrogen-bond donors (Lipinski definition) is 0. The standard InChI is InChI=1S/C17H13F3O/c1-12-14(8-5-9-15(12)17(18,19)20)16(21)11-10-13-6-3-2-4-7-13/h2-11H,1H3/b11-10+. The molecule has 0 aromatic heterocycles. The first-order valence-electron chi connectivity index (χ1n) is 6.34. The predicted octanol–water partition coefficient (Wildman–Crippen LogP) is 4.91. The average molecular weight is 290 g/mol. The van der Waals surface area contributed by atoms with Crippen molar-refractivity contribution < 1.29 is 18.0 Å². The highest BCUT2D eigenvalue weighted by Gasteiger charge is 2.33. The molecule has 2 rings (SSSR count). The number of alkyl halides is 3. The lowest BCUT2D eigenvalue weighted by Gasteiger charge is -2.12. The number of allylic oxidation sites excluding steroid dienone is 1. The summed E-state index contributed by atoms with van der Waals surface area (Å²) in [5.41, 5.74) is 0.0571. The minimum absolute atomic E-state index is 0.0484. The number of halogens is 3. The van der Waals surface area contributed by atoms with Gasteiger partial charge in [0.05, 0.1) is 5.56 Å². The van der Waals surface area contributed by atoms with Gasteiger partial charge in [-0.05, 0) is 30.2 Å². The van der Waals surface area contributed by atoms with Crippen LogP contribution in [0.4, 0.5) is 13.2 Å². The third kappa shape index (κ3) is 3.60. The predicted molar refractivity (Wildman–Crippen MR) is 76.0 cm³/mol. The van der Waals surface area contributed by atoms with Crippen LogP contribution in [-0.2, 0) is 6.18 Å². The lowest BCUT2D eigenvalue weighted by Crippen LogP contribution is -2.10. The molecule has 0 bridgehead atoms. The molecule has 4 heteroatoms. The first-order valence-corrected chi connectivity index (χ1v) is 6.34. The third-order valence-electron chi connectivity index (χ3n) is 3.13. The van der Waals surface area contributed by atoms with Gasteiger partial charge in [0.15, 0.2) is 5.78 Å². The topological polar surface area (TPSA) is 17.1 Å². The Morgan fingerprint density at radius 1 is 1.00 bits per heavy atom. The van der Waals surface area contributed by atoms with Crippen molar-refractivity contribution in [3.63, 3.8) is 0 Å². The van der Waals surface area contributed by atoms with E-state index < -0.39 is 17.5 Å². The summed E-state index contributed by atoms with van der Waals surface area (Å²) < 4.78 is 38.4. The normalized spacial score (nSPS) is 11.8. The molecule has 0 atom stereocenters. The van der Waals surface area contributed by atoms with Gasteiger partial charge in [0.1, 0.15) is 0 Å². The zero-order chi connectivity index (χ0) is 15.5. The molecule has 0 saturated carbocycles. The molecule has 0 spiro atoms. The first kappa shape index (κ1) is 15.0. The van der Waals surface area contributed by atoms with Crippen LogP contribution in [0.3, 0.4) is 0 Å². The highest BCUT2D eigenvalue weighted by atomic mass is 19.4. The van der Waals surface area contributed by atoms with Crippen molar-refractivity contribution >= 4 is 11.9 Å². The summed E-state index contributed by atoms with van der Waals surface area (Å²) in [4.78, 5) is 12.1. The second-order valence-corrected chi connectivity index (χ2v) is 4.58. The monoisotopic (exact) mass is 290 g/mol. The second kappa shape index (κ2) is 5.95. The summed E-state index contributed by atoms with van der Waals surface area (Å²) in [6.45, 7) is 1.31. The van der Waals surface area contributed by atoms with E-state index in [-0.39, 0.29) is 11.1 Å². The largest absolute Gasteiger partial charge is 0.416 e. The van der Waals surface area contributed by atoms with Gasteiger partial charge in [0.25, 0.3) is 0 Å². The molecule has 2 aromatic rings. The van der Waals surface area contributed by atoms with Crippen LogP contribution >= 0.6 is 0 Å². The molecule has 0 radical (unpaired) electrons. The molecule has 0 aliphatic heterocycles. The Bertz CT molecular complexity index is 670. The van der Waals surface area contributed by atoms with E-state index >= 15 is 0 Å². The van der Waals surface area contributed by atoms with E-state index in [1.807, 2.05) is 30.3 Å². The van der Waals surface area contributed by atoms with Crippen molar-refractivity contribution in [3.05, 3.63) is 76.9 Å². The van der Waals surface area contributed by atoms with E-state index in [9.17, 15) is 18.0 Å². The Hall–Kier alpha value is -2.36. The quantitative estimate of drug-likeness (QED) is 0.580. The first-order chi connectivity index (χ1) is 9.89. The lowest BCUT2D eigenvalue weighted by molar-refractivity contribution is -0.138. The molecule has 0 fully saturated rings. The Labute approximate surface area is 120 Å². The summed E-state index contributed by atoms with van der Waals surface area (Å²) in [6.07, 6.45) is -1.58. The van der Waals surface area contributed by atoms with Crippen molar-refractivity contribution in [2.75, 3.05) is 0 Å². The Balaban J connectivity index is 2.31. The van der Waals surface area contributed by atoms with E-state index in [0.717, 1.165) is 11.6 Å². The molecule has 108 valence electrons. The van der Waals surface area contributed by atoms with Gasteiger partial charge in [-0.15, -0.1) is 0 Å². The molecule has 1 nitrogen and oxygen atoms in total. The Morgan fingerprint density at radius 3 is 2.29 bits per heavy atom. The van der Waals surface area contributed by atoms with Crippen molar-refractivity contribution in [2.24, 2.45) is 0 Å². The van der Waals surface area contributed by atoms with Crippen LogP contribution in [0.5, 0.6) is 0 Å². The fraction of sp³-hybridized carbons (Fsp3) is 0.118. The molecule has 0 N–H and O–H groups in total. The van der Waals surface area contributed by atoms with Gasteiger partial charge in [-0.2, -0.15) is 13.2 Å². The van der Waals surface area contributed by atoms with Crippen LogP contribution in [0.1, 0.15) is 27.0 Å². The summed E-state index contributed by atoms with van der Waals surface area (Å²) >= 11 is 0. The Morgan fingerprint density at radius 2 is 1.67 bits per heavy atom. The zero-order valence-corrected chi connectivity index (χ0v) is 11.3. The molecule has 2 aromatic carbocycles. The highest BCUT2D eigenvalue weighted by molar-refractivity contribution is 6.07. The maximum atomic E-state index is 12.8. The SMILES string of the molecule is Cc1c(C(=O)/C=C/c2ccccc2)cccc1C(F)(F)F. The number of carbonyl (C=O) groups is 1. The van der Waals surface area contributed by atoms with Crippen LogP contribution < -0.4 is 0 Å². The summed E-state index contributed by atoms with van der Waals surface area (Å²) in [6, 6.07) is 12.7. The smallest absolute Gasteiger partial charge is 0.289 e. The average Bonchev–Trinajstić information content (AvgIpc) is 2.45. The molecule has 21 heavy (non-hydrogen) atoms. The maximum absolute atomic E-state index is 12.8. The highest BCUT2D eigenvalue weighted by Crippen LogP contribution is 2.33. The van der Waals surface area contributed by atoms with E-state index in [1.54, 1.807) is 6.08 Å². The van der Waals surface area contributed by atoms with Gasteiger partial charge in [-0.3, -0.25) is 4.79 Å². The Kier molecular flexibility index (Phi) is 4.26. The molecular weight excluding hydrogens is 277 g/mol. The van der Waals surface area contributed by atoms with Crippen LogP contribution in [0.15, 0.2) is 54.6 Å². The van der Waals surface area contributed by atoms with Crippen molar-refractivity contribution in [1.29, 1.82) is 0 Å². The van der Waals surface area contributed by atoms with E-state index in [0.29, 0.717) is 0 Å². The van der Waals surface area contributed by atoms with Gasteiger partial charge in [0, 0.05) is 5.56 Å². The minimum Gasteiger partial charge on any atom is -0.289 e. The van der Waals surface area contributed by atoms with Crippen LogP contribution in [0.2, 0.25) is 0 Å². The molecule has 0 aliphatic rings. The molecule has 0 heterocycles. The number of carbonyl (C=O) groups excluding carboxylic acids is 1. The summed E-state index contributed by atoms with van der Waals surface area (Å²) in [5.74, 6) is -0.442. The number of benzene rings is 2. The van der Waals surface area contributed by atoms with Crippen LogP contribution in [0, 0.1) is 6.92 Å². The van der Waals surface area contributed by atoms with Gasteiger partial charge in [0.2, 0.25) is 0 Å². The van der Waals surface area contributed by atoms with Crippen molar-refractivity contribution in [2.45, 2.75) is 13.1 Å². The number of ketones is 1. The third-order valence-corrected chi connectivity index (χ3v) is 3.13. The van der Waals surface area contributed by atoms with Gasteiger partial charge in [-0.25, -0.2) is 0 Å². The fourth-order valence-electron chi connectivity index (χ4n) is 2.04. The van der Waals surface area contributed by atoms with Gasteiger partial charge < -0.3 is 0 Å². The van der Waals surface area contributed by atoms with E-state index in [4.69, 9.17) is 0 Å². The molecule has 0 unspecified atom stereocenters. The lowest BCUT2D eigenvalue weighted by atomic mass is 9.98. The van der Waals surface area contributed by atoms with Crippen molar-refractivity contribution in [1.82, 2.24) is 0 Å². The van der Waals surface area contributed by atoms with E-state index in [1.165, 1.54) is 25.1 Å². The fourth-order valence-corrected chi connectivity index (χ4v) is 2.04. The molecule has 0 amide bonds. The van der Waals surface area contributed by atoms with Crippen LogP contribution in [-0.4, -0.2) is 5.78 Å². The summed E-state index contributed by atoms with van der Waals surface area (Å²) in [7, 11) is 0. The zero-order valence-electron chi connectivity index (χ0n) is 11.3. The number of rotatable bonds is 3.